The molecule has 0 unspecified atom stereocenters. The molecule has 2 aromatic carbocycles. The maximum atomic E-state index is 3.46. The molecule has 1 aliphatic rings. The van der Waals surface area contributed by atoms with E-state index in [0.29, 0.717) is 0 Å². The maximum Gasteiger partial charge on any atom is 0.0430 e. The van der Waals surface area contributed by atoms with Gasteiger partial charge in [-0.15, -0.1) is 0 Å². The van der Waals surface area contributed by atoms with Crippen molar-refractivity contribution in [2.24, 2.45) is 0 Å². The molecule has 0 aliphatic carbocycles. The topological polar surface area (TPSA) is 15.3 Å². The van der Waals surface area contributed by atoms with E-state index in [9.17, 15) is 0 Å². The number of fused-ring (bicyclic) bond motifs is 1. The molecule has 2 aromatic rings. The molecular formula is C18H22N2. The smallest absolute Gasteiger partial charge is 0.0430 e. The van der Waals surface area contributed by atoms with Gasteiger partial charge in [-0.2, -0.15) is 0 Å². The van der Waals surface area contributed by atoms with E-state index in [2.05, 4.69) is 66.5 Å². The minimum atomic E-state index is 0.967. The number of rotatable bonds is 4. The van der Waals surface area contributed by atoms with Gasteiger partial charge >= 0.3 is 0 Å². The van der Waals surface area contributed by atoms with Crippen molar-refractivity contribution < 1.29 is 0 Å². The molecular weight excluding hydrogens is 244 g/mol. The number of nitrogens with zero attached hydrogens (tertiary/aromatic N) is 1. The highest BCUT2D eigenvalue weighted by atomic mass is 15.1. The predicted octanol–water partition coefficient (Wildman–Crippen LogP) is 3.99. The van der Waals surface area contributed by atoms with E-state index >= 15 is 0 Å². The summed E-state index contributed by atoms with van der Waals surface area (Å²) in [5, 5.41) is 3.46. The van der Waals surface area contributed by atoms with E-state index in [-0.39, 0.29) is 0 Å². The highest BCUT2D eigenvalue weighted by molar-refractivity contribution is 5.58. The summed E-state index contributed by atoms with van der Waals surface area (Å²) in [6, 6.07) is 15.6. The number of anilines is 2. The third kappa shape index (κ3) is 2.64. The zero-order chi connectivity index (χ0) is 13.9. The molecule has 1 heterocycles. The Morgan fingerprint density at radius 2 is 2.05 bits per heavy atom. The highest BCUT2D eigenvalue weighted by Gasteiger charge is 2.11. The standard InChI is InChI=1S/C18H22N2/c1-3-20(17-6-4-5-14(2)11-17)13-15-7-8-16-9-10-19-18(16)12-15/h4-8,11-12,19H,3,9-10,13H2,1-2H3. The summed E-state index contributed by atoms with van der Waals surface area (Å²) in [7, 11) is 0. The first-order valence-corrected chi connectivity index (χ1v) is 7.43. The highest BCUT2D eigenvalue weighted by Crippen LogP contribution is 2.25. The van der Waals surface area contributed by atoms with Crippen molar-refractivity contribution in [3.8, 4) is 0 Å². The van der Waals surface area contributed by atoms with Crippen molar-refractivity contribution in [3.05, 3.63) is 59.2 Å². The molecule has 2 nitrogen and oxygen atoms in total. The normalized spacial score (nSPS) is 12.9. The Kier molecular flexibility index (Phi) is 3.64. The van der Waals surface area contributed by atoms with Gasteiger partial charge in [0.25, 0.3) is 0 Å². The van der Waals surface area contributed by atoms with Gasteiger partial charge in [-0.05, 0) is 55.2 Å². The van der Waals surface area contributed by atoms with E-state index in [1.807, 2.05) is 0 Å². The van der Waals surface area contributed by atoms with E-state index in [0.717, 1.165) is 26.1 Å². The SMILES string of the molecule is CCN(Cc1ccc2c(c1)NCC2)c1cccc(C)c1. The first-order valence-electron chi connectivity index (χ1n) is 7.43. The lowest BCUT2D eigenvalue weighted by Gasteiger charge is -2.24. The van der Waals surface area contributed by atoms with Crippen LogP contribution in [0.3, 0.4) is 0 Å². The molecule has 0 radical (unpaired) electrons. The second kappa shape index (κ2) is 5.58. The van der Waals surface area contributed by atoms with Crippen LogP contribution in [0, 0.1) is 6.92 Å². The van der Waals surface area contributed by atoms with Crippen LogP contribution in [-0.2, 0) is 13.0 Å². The van der Waals surface area contributed by atoms with Gasteiger partial charge in [0.05, 0.1) is 0 Å². The molecule has 1 aliphatic heterocycles. The van der Waals surface area contributed by atoms with Crippen molar-refractivity contribution in [2.75, 3.05) is 23.3 Å². The third-order valence-corrected chi connectivity index (χ3v) is 4.01. The molecule has 3 rings (SSSR count). The van der Waals surface area contributed by atoms with E-state index in [1.165, 1.54) is 28.1 Å². The van der Waals surface area contributed by atoms with Gasteiger partial charge in [-0.1, -0.05) is 24.3 Å². The molecule has 0 fully saturated rings. The lowest BCUT2D eigenvalue weighted by Crippen LogP contribution is -2.22. The molecule has 20 heavy (non-hydrogen) atoms. The Labute approximate surface area is 121 Å². The quantitative estimate of drug-likeness (QED) is 0.900. The van der Waals surface area contributed by atoms with Crippen LogP contribution >= 0.6 is 0 Å². The molecule has 0 aromatic heterocycles. The summed E-state index contributed by atoms with van der Waals surface area (Å²) < 4.78 is 0. The molecule has 0 saturated heterocycles. The molecule has 0 amide bonds. The number of benzene rings is 2. The first-order chi connectivity index (χ1) is 9.76. The molecule has 0 atom stereocenters. The summed E-state index contributed by atoms with van der Waals surface area (Å²) in [5.41, 5.74) is 6.77. The van der Waals surface area contributed by atoms with Gasteiger partial charge in [0, 0.05) is 31.0 Å². The minimum absolute atomic E-state index is 0.967. The largest absolute Gasteiger partial charge is 0.384 e. The van der Waals surface area contributed by atoms with E-state index in [4.69, 9.17) is 0 Å². The molecule has 104 valence electrons. The molecule has 1 N–H and O–H groups in total. The van der Waals surface area contributed by atoms with E-state index < -0.39 is 0 Å². The van der Waals surface area contributed by atoms with Crippen LogP contribution in [0.25, 0.3) is 0 Å². The number of nitrogens with one attached hydrogen (secondary N) is 1. The van der Waals surface area contributed by atoms with Crippen LogP contribution in [0.1, 0.15) is 23.6 Å². The fourth-order valence-corrected chi connectivity index (χ4v) is 2.87. The molecule has 2 heteroatoms. The second-order valence-electron chi connectivity index (χ2n) is 5.52. The summed E-state index contributed by atoms with van der Waals surface area (Å²) in [6.45, 7) is 7.43. The molecule has 0 bridgehead atoms. The van der Waals surface area contributed by atoms with Crippen LogP contribution in [0.2, 0.25) is 0 Å². The maximum absolute atomic E-state index is 3.46. The van der Waals surface area contributed by atoms with Gasteiger partial charge in [0.15, 0.2) is 0 Å². The van der Waals surface area contributed by atoms with Gasteiger partial charge in [-0.3, -0.25) is 0 Å². The van der Waals surface area contributed by atoms with Crippen molar-refractivity contribution in [1.82, 2.24) is 0 Å². The Morgan fingerprint density at radius 3 is 2.85 bits per heavy atom. The van der Waals surface area contributed by atoms with Gasteiger partial charge < -0.3 is 10.2 Å². The lowest BCUT2D eigenvalue weighted by atomic mass is 10.1. The summed E-state index contributed by atoms with van der Waals surface area (Å²) >= 11 is 0. The summed E-state index contributed by atoms with van der Waals surface area (Å²) in [5.74, 6) is 0. The molecule has 0 saturated carbocycles. The summed E-state index contributed by atoms with van der Waals surface area (Å²) in [6.07, 6.45) is 1.16. The van der Waals surface area contributed by atoms with Crippen LogP contribution < -0.4 is 10.2 Å². The number of aryl methyl sites for hydroxylation is 1. The Bertz CT molecular complexity index is 604. The predicted molar refractivity (Wildman–Crippen MR) is 86.5 cm³/mol. The second-order valence-corrected chi connectivity index (χ2v) is 5.52. The fraction of sp³-hybridized carbons (Fsp3) is 0.333. The third-order valence-electron chi connectivity index (χ3n) is 4.01. The Morgan fingerprint density at radius 1 is 1.15 bits per heavy atom. The van der Waals surface area contributed by atoms with Crippen molar-refractivity contribution >= 4 is 11.4 Å². The molecule has 0 spiro atoms. The number of hydrogen-bond donors (Lipinski definition) is 1. The number of hydrogen-bond acceptors (Lipinski definition) is 2. The lowest BCUT2D eigenvalue weighted by molar-refractivity contribution is 0.831. The van der Waals surface area contributed by atoms with Crippen molar-refractivity contribution in [3.63, 3.8) is 0 Å². The van der Waals surface area contributed by atoms with Crippen LogP contribution in [0.4, 0.5) is 11.4 Å². The van der Waals surface area contributed by atoms with Crippen LogP contribution in [0.5, 0.6) is 0 Å². The van der Waals surface area contributed by atoms with Crippen molar-refractivity contribution in [1.29, 1.82) is 0 Å². The monoisotopic (exact) mass is 266 g/mol. The first kappa shape index (κ1) is 13.0. The fourth-order valence-electron chi connectivity index (χ4n) is 2.87. The van der Waals surface area contributed by atoms with Gasteiger partial charge in [-0.25, -0.2) is 0 Å². The zero-order valence-electron chi connectivity index (χ0n) is 12.3. The van der Waals surface area contributed by atoms with Gasteiger partial charge in [0.1, 0.15) is 0 Å². The average Bonchev–Trinajstić information content (AvgIpc) is 2.92. The van der Waals surface area contributed by atoms with E-state index in [1.54, 1.807) is 0 Å². The summed E-state index contributed by atoms with van der Waals surface area (Å²) in [4.78, 5) is 2.42. The zero-order valence-corrected chi connectivity index (χ0v) is 12.3. The Balaban J connectivity index is 1.81. The van der Waals surface area contributed by atoms with Crippen molar-refractivity contribution in [2.45, 2.75) is 26.8 Å². The van der Waals surface area contributed by atoms with Crippen LogP contribution in [0.15, 0.2) is 42.5 Å². The average molecular weight is 266 g/mol. The Hall–Kier alpha value is -1.96. The van der Waals surface area contributed by atoms with Gasteiger partial charge in [0.2, 0.25) is 0 Å². The minimum Gasteiger partial charge on any atom is -0.384 e. The van der Waals surface area contributed by atoms with Crippen LogP contribution in [-0.4, -0.2) is 13.1 Å².